The maximum atomic E-state index is 13.9. The molecule has 1 amide bonds. The molecule has 34 heavy (non-hydrogen) atoms. The Kier molecular flexibility index (Phi) is 4.55. The number of hydrogen-bond donors (Lipinski definition) is 1. The number of hydrogen-bond acceptors (Lipinski definition) is 5. The number of furan rings is 1. The summed E-state index contributed by atoms with van der Waals surface area (Å²) in [4.78, 5) is 18.5. The summed E-state index contributed by atoms with van der Waals surface area (Å²) in [6.45, 7) is 3.98. The molecular weight excluding hydrogens is 442 g/mol. The first-order valence-corrected chi connectivity index (χ1v) is 12.2. The molecule has 2 bridgehead atoms. The van der Waals surface area contributed by atoms with Crippen LogP contribution in [0, 0.1) is 23.7 Å². The number of rotatable bonds is 4. The van der Waals surface area contributed by atoms with Gasteiger partial charge in [-0.25, -0.2) is 4.98 Å². The molecule has 7 rings (SSSR count). The lowest BCUT2D eigenvalue weighted by atomic mass is 9.47. The lowest BCUT2D eigenvalue weighted by Crippen LogP contribution is -2.53. The zero-order chi connectivity index (χ0) is 23.5. The molecule has 6 heteroatoms. The molecule has 0 spiro atoms. The molecule has 2 aromatic heterocycles. The highest BCUT2D eigenvalue weighted by molar-refractivity contribution is 7.13. The lowest BCUT2D eigenvalue weighted by molar-refractivity contribution is -0.127. The van der Waals surface area contributed by atoms with E-state index in [9.17, 15) is 10.1 Å². The Morgan fingerprint density at radius 3 is 2.50 bits per heavy atom. The van der Waals surface area contributed by atoms with Gasteiger partial charge in [-0.1, -0.05) is 48.5 Å². The summed E-state index contributed by atoms with van der Waals surface area (Å²) in [6.07, 6.45) is 2.74. The Balaban J connectivity index is 1.36. The second kappa shape index (κ2) is 7.41. The lowest BCUT2D eigenvalue weighted by Gasteiger charge is -2.54. The Hall–Kier alpha value is -3.69. The molecule has 5 nitrogen and oxygen atoms in total. The van der Waals surface area contributed by atoms with Crippen molar-refractivity contribution < 1.29 is 9.21 Å². The van der Waals surface area contributed by atoms with Gasteiger partial charge in [-0.05, 0) is 54.2 Å². The standard InChI is InChI=1S/C28H23N3O2S/c1-17-11-19(33-13-17)12-18-14-34-26(30-18)31-25(32)27(2)15-28(16-29)22-9-5-3-7-20(22)24(27)21-8-4-6-10-23(21)28/h3-11,13-14,24H,12,15H2,1-2H3,(H,30,31,32). The van der Waals surface area contributed by atoms with Crippen molar-refractivity contribution in [3.8, 4) is 6.07 Å². The van der Waals surface area contributed by atoms with Crippen LogP contribution >= 0.6 is 11.3 Å². The van der Waals surface area contributed by atoms with Gasteiger partial charge >= 0.3 is 0 Å². The molecule has 1 atom stereocenters. The summed E-state index contributed by atoms with van der Waals surface area (Å²) in [7, 11) is 0. The summed E-state index contributed by atoms with van der Waals surface area (Å²) in [5, 5.41) is 16.1. The topological polar surface area (TPSA) is 78.9 Å². The number of aromatic nitrogens is 1. The molecule has 3 aliphatic carbocycles. The third-order valence-electron chi connectivity index (χ3n) is 7.35. The first-order valence-electron chi connectivity index (χ1n) is 11.3. The van der Waals surface area contributed by atoms with E-state index >= 15 is 0 Å². The Morgan fingerprint density at radius 1 is 1.21 bits per heavy atom. The third-order valence-corrected chi connectivity index (χ3v) is 8.16. The van der Waals surface area contributed by atoms with E-state index in [0.29, 0.717) is 18.0 Å². The number of nitrogens with one attached hydrogen (secondary N) is 1. The van der Waals surface area contributed by atoms with Gasteiger partial charge in [-0.3, -0.25) is 4.79 Å². The van der Waals surface area contributed by atoms with Gasteiger partial charge in [0.05, 0.1) is 23.4 Å². The van der Waals surface area contributed by atoms with E-state index in [2.05, 4.69) is 28.5 Å². The van der Waals surface area contributed by atoms with Crippen LogP contribution in [0.1, 0.15) is 58.5 Å². The molecular formula is C28H23N3O2S. The predicted molar refractivity (Wildman–Crippen MR) is 131 cm³/mol. The van der Waals surface area contributed by atoms with Gasteiger partial charge < -0.3 is 9.73 Å². The van der Waals surface area contributed by atoms with Gasteiger partial charge in [-0.15, -0.1) is 11.3 Å². The largest absolute Gasteiger partial charge is 0.469 e. The maximum absolute atomic E-state index is 13.9. The average Bonchev–Trinajstić information content (AvgIpc) is 3.47. The van der Waals surface area contributed by atoms with E-state index in [1.165, 1.54) is 11.3 Å². The molecule has 0 aliphatic heterocycles. The molecule has 0 saturated heterocycles. The minimum absolute atomic E-state index is 0.101. The highest BCUT2D eigenvalue weighted by atomic mass is 32.1. The number of anilines is 1. The summed E-state index contributed by atoms with van der Waals surface area (Å²) in [6, 6.07) is 20.8. The molecule has 0 radical (unpaired) electrons. The van der Waals surface area contributed by atoms with Gasteiger partial charge in [0.1, 0.15) is 11.2 Å². The molecule has 0 fully saturated rings. The smallest absolute Gasteiger partial charge is 0.233 e. The summed E-state index contributed by atoms with van der Waals surface area (Å²) in [5.41, 5.74) is 4.48. The minimum Gasteiger partial charge on any atom is -0.469 e. The number of nitriles is 1. The number of benzene rings is 2. The SMILES string of the molecule is Cc1coc(Cc2csc(NC(=O)C3(C)CC4(C#N)c5ccccc5C3c3ccccc34)n2)c1. The monoisotopic (exact) mass is 465 g/mol. The number of carbonyl (C=O) groups is 1. The van der Waals surface area contributed by atoms with E-state index in [-0.39, 0.29) is 11.8 Å². The van der Waals surface area contributed by atoms with Crippen LogP contribution in [0.15, 0.2) is 70.7 Å². The number of aryl methyl sites for hydroxylation is 1. The van der Waals surface area contributed by atoms with Gasteiger partial charge in [0.2, 0.25) is 5.91 Å². The van der Waals surface area contributed by atoms with Crippen LogP contribution in [0.3, 0.4) is 0 Å². The van der Waals surface area contributed by atoms with E-state index in [0.717, 1.165) is 39.3 Å². The highest BCUT2D eigenvalue weighted by Crippen LogP contribution is 2.63. The minimum atomic E-state index is -0.848. The Bertz CT molecular complexity index is 1430. The zero-order valence-corrected chi connectivity index (χ0v) is 19.8. The summed E-state index contributed by atoms with van der Waals surface area (Å²) >= 11 is 1.41. The van der Waals surface area contributed by atoms with Gasteiger partial charge in [0.25, 0.3) is 0 Å². The maximum Gasteiger partial charge on any atom is 0.233 e. The van der Waals surface area contributed by atoms with Gasteiger partial charge in [-0.2, -0.15) is 5.26 Å². The van der Waals surface area contributed by atoms with Crippen LogP contribution in [0.25, 0.3) is 0 Å². The van der Waals surface area contributed by atoms with Gasteiger partial charge in [0, 0.05) is 17.7 Å². The fourth-order valence-corrected chi connectivity index (χ4v) is 6.64. The van der Waals surface area contributed by atoms with E-state index in [1.807, 2.05) is 61.7 Å². The van der Waals surface area contributed by atoms with Crippen molar-refractivity contribution in [3.05, 3.63) is 106 Å². The van der Waals surface area contributed by atoms with Crippen molar-refractivity contribution in [1.29, 1.82) is 5.26 Å². The van der Waals surface area contributed by atoms with Gasteiger partial charge in [0.15, 0.2) is 5.13 Å². The zero-order valence-electron chi connectivity index (χ0n) is 19.0. The van der Waals surface area contributed by atoms with Crippen LogP contribution in [-0.4, -0.2) is 10.9 Å². The number of amides is 1. The summed E-state index contributed by atoms with van der Waals surface area (Å²) < 4.78 is 5.54. The van der Waals surface area contributed by atoms with Crippen molar-refractivity contribution in [3.63, 3.8) is 0 Å². The molecule has 1 unspecified atom stereocenters. The Labute approximate surface area is 202 Å². The number of carbonyl (C=O) groups excluding carboxylic acids is 1. The first-order chi connectivity index (χ1) is 16.4. The number of nitrogens with zero attached hydrogens (tertiary/aromatic N) is 2. The molecule has 2 aromatic carbocycles. The van der Waals surface area contributed by atoms with Crippen molar-refractivity contribution in [2.24, 2.45) is 5.41 Å². The van der Waals surface area contributed by atoms with Crippen LogP contribution in [0.4, 0.5) is 5.13 Å². The molecule has 3 aliphatic rings. The van der Waals surface area contributed by atoms with Crippen molar-refractivity contribution in [1.82, 2.24) is 4.98 Å². The van der Waals surface area contributed by atoms with Crippen LogP contribution in [0.2, 0.25) is 0 Å². The Morgan fingerprint density at radius 2 is 1.88 bits per heavy atom. The molecule has 168 valence electrons. The van der Waals surface area contributed by atoms with Crippen LogP contribution in [0.5, 0.6) is 0 Å². The quantitative estimate of drug-likeness (QED) is 0.405. The average molecular weight is 466 g/mol. The summed E-state index contributed by atoms with van der Waals surface area (Å²) in [5.74, 6) is 0.623. The van der Waals surface area contributed by atoms with E-state index < -0.39 is 10.8 Å². The van der Waals surface area contributed by atoms with E-state index in [4.69, 9.17) is 4.42 Å². The number of fused-ring (bicyclic) bond motifs is 1. The predicted octanol–water partition coefficient (Wildman–Crippen LogP) is 5.94. The van der Waals surface area contributed by atoms with E-state index in [1.54, 1.807) is 6.26 Å². The second-order valence-electron chi connectivity index (χ2n) is 9.58. The first kappa shape index (κ1) is 20.9. The van der Waals surface area contributed by atoms with Crippen molar-refractivity contribution >= 4 is 22.4 Å². The normalized spacial score (nSPS) is 24.2. The van der Waals surface area contributed by atoms with Crippen LogP contribution < -0.4 is 5.32 Å². The molecule has 0 saturated carbocycles. The third kappa shape index (κ3) is 2.90. The highest BCUT2D eigenvalue weighted by Gasteiger charge is 2.61. The van der Waals surface area contributed by atoms with Crippen molar-refractivity contribution in [2.75, 3.05) is 5.32 Å². The van der Waals surface area contributed by atoms with Crippen LogP contribution in [-0.2, 0) is 16.6 Å². The second-order valence-corrected chi connectivity index (χ2v) is 10.4. The molecule has 4 aromatic rings. The molecule has 1 N–H and O–H groups in total. The molecule has 2 heterocycles. The fourth-order valence-electron chi connectivity index (χ4n) is 5.94. The van der Waals surface area contributed by atoms with Crippen molar-refractivity contribution in [2.45, 2.75) is 38.0 Å². The fraction of sp³-hybridized carbons (Fsp3) is 0.250. The number of thiazole rings is 1.